The Bertz CT molecular complexity index is 279. The van der Waals surface area contributed by atoms with E-state index in [1.165, 1.54) is 19.3 Å². The third kappa shape index (κ3) is 5.06. The van der Waals surface area contributed by atoms with E-state index < -0.39 is 5.60 Å². The molecule has 0 aromatic rings. The predicted octanol–water partition coefficient (Wildman–Crippen LogP) is 2.07. The third-order valence-corrected chi connectivity index (χ3v) is 4.45. The van der Waals surface area contributed by atoms with E-state index in [0.717, 1.165) is 6.42 Å². The minimum Gasteiger partial charge on any atom is -0.389 e. The molecule has 1 aliphatic rings. The molecule has 0 spiro atoms. The summed E-state index contributed by atoms with van der Waals surface area (Å²) in [4.78, 5) is 13.6. The van der Waals surface area contributed by atoms with E-state index >= 15 is 0 Å². The standard InChI is InChI=1S/C13H26N2O2S/c1-13(2,17)9-15(3)12(16)14-10-7-5-6-8-11(10)18-4/h10-11,17H,5-9H2,1-4H3,(H,14,16)/t10-,11-/m0/s1. The lowest BCUT2D eigenvalue weighted by Crippen LogP contribution is -2.51. The average Bonchev–Trinajstić information content (AvgIpc) is 2.27. The molecule has 1 aliphatic carbocycles. The fourth-order valence-electron chi connectivity index (χ4n) is 2.47. The molecule has 1 fully saturated rings. The summed E-state index contributed by atoms with van der Waals surface area (Å²) in [6.45, 7) is 3.76. The van der Waals surface area contributed by atoms with Crippen molar-refractivity contribution in [3.05, 3.63) is 0 Å². The Morgan fingerprint density at radius 2 is 2.06 bits per heavy atom. The Kier molecular flexibility index (Phi) is 5.79. The largest absolute Gasteiger partial charge is 0.389 e. The maximum absolute atomic E-state index is 12.0. The van der Waals surface area contributed by atoms with Gasteiger partial charge in [-0.05, 0) is 32.9 Å². The average molecular weight is 274 g/mol. The van der Waals surface area contributed by atoms with E-state index in [0.29, 0.717) is 11.8 Å². The molecule has 0 bridgehead atoms. The first-order valence-corrected chi connectivity index (χ1v) is 7.89. The zero-order chi connectivity index (χ0) is 13.8. The number of nitrogens with one attached hydrogen (secondary N) is 1. The number of likely N-dealkylation sites (N-methyl/N-ethyl adjacent to an activating group) is 1. The highest BCUT2D eigenvalue weighted by Crippen LogP contribution is 2.27. The predicted molar refractivity (Wildman–Crippen MR) is 77.0 cm³/mol. The maximum Gasteiger partial charge on any atom is 0.317 e. The van der Waals surface area contributed by atoms with Gasteiger partial charge in [0.05, 0.1) is 12.1 Å². The fourth-order valence-corrected chi connectivity index (χ4v) is 3.40. The number of rotatable bonds is 4. The van der Waals surface area contributed by atoms with Gasteiger partial charge in [-0.25, -0.2) is 4.79 Å². The second-order valence-corrected chi connectivity index (χ2v) is 6.86. The number of hydrogen-bond acceptors (Lipinski definition) is 3. The summed E-state index contributed by atoms with van der Waals surface area (Å²) in [7, 11) is 1.73. The number of thioether (sulfide) groups is 1. The Hall–Kier alpha value is -0.420. The fraction of sp³-hybridized carbons (Fsp3) is 0.923. The molecular formula is C13H26N2O2S. The number of nitrogens with zero attached hydrogens (tertiary/aromatic N) is 1. The summed E-state index contributed by atoms with van der Waals surface area (Å²) in [5.74, 6) is 0. The van der Waals surface area contributed by atoms with Crippen molar-refractivity contribution in [2.75, 3.05) is 19.8 Å². The summed E-state index contributed by atoms with van der Waals surface area (Å²) in [6.07, 6.45) is 6.80. The molecule has 1 rings (SSSR count). The van der Waals surface area contributed by atoms with Gasteiger partial charge in [0.1, 0.15) is 0 Å². The molecule has 0 aromatic heterocycles. The van der Waals surface area contributed by atoms with Gasteiger partial charge in [0.15, 0.2) is 0 Å². The summed E-state index contributed by atoms with van der Waals surface area (Å²) in [5, 5.41) is 13.3. The molecule has 1 saturated carbocycles. The summed E-state index contributed by atoms with van der Waals surface area (Å²) < 4.78 is 0. The van der Waals surface area contributed by atoms with Crippen LogP contribution in [0.5, 0.6) is 0 Å². The van der Waals surface area contributed by atoms with Gasteiger partial charge in [0.25, 0.3) is 0 Å². The van der Waals surface area contributed by atoms with Crippen LogP contribution in [0.2, 0.25) is 0 Å². The number of aliphatic hydroxyl groups is 1. The Morgan fingerprint density at radius 3 is 2.61 bits per heavy atom. The monoisotopic (exact) mass is 274 g/mol. The number of carbonyl (C=O) groups is 1. The quantitative estimate of drug-likeness (QED) is 0.825. The van der Waals surface area contributed by atoms with Crippen molar-refractivity contribution in [2.45, 2.75) is 56.4 Å². The summed E-state index contributed by atoms with van der Waals surface area (Å²) in [5.41, 5.74) is -0.850. The third-order valence-electron chi connectivity index (χ3n) is 3.28. The topological polar surface area (TPSA) is 52.6 Å². The van der Waals surface area contributed by atoms with E-state index in [9.17, 15) is 9.90 Å². The minimum absolute atomic E-state index is 0.0805. The number of amides is 2. The van der Waals surface area contributed by atoms with Crippen molar-refractivity contribution in [3.8, 4) is 0 Å². The summed E-state index contributed by atoms with van der Waals surface area (Å²) in [6, 6.07) is 0.189. The normalized spacial score (nSPS) is 24.7. The van der Waals surface area contributed by atoms with Crippen LogP contribution in [0, 0.1) is 0 Å². The number of carbonyl (C=O) groups excluding carboxylic acids is 1. The second kappa shape index (κ2) is 6.66. The van der Waals surface area contributed by atoms with Crippen LogP contribution in [0.1, 0.15) is 39.5 Å². The maximum atomic E-state index is 12.0. The highest BCUT2D eigenvalue weighted by atomic mass is 32.2. The molecular weight excluding hydrogens is 248 g/mol. The van der Waals surface area contributed by atoms with Crippen LogP contribution < -0.4 is 5.32 Å². The van der Waals surface area contributed by atoms with E-state index in [-0.39, 0.29) is 12.1 Å². The van der Waals surface area contributed by atoms with E-state index in [1.807, 2.05) is 11.8 Å². The van der Waals surface area contributed by atoms with Crippen LogP contribution in [-0.2, 0) is 0 Å². The molecule has 0 radical (unpaired) electrons. The first-order valence-electron chi connectivity index (χ1n) is 6.60. The van der Waals surface area contributed by atoms with Crippen LogP contribution in [-0.4, -0.2) is 52.8 Å². The zero-order valence-corrected chi connectivity index (χ0v) is 12.7. The van der Waals surface area contributed by atoms with Crippen molar-refractivity contribution in [1.82, 2.24) is 10.2 Å². The molecule has 0 unspecified atom stereocenters. The molecule has 0 aliphatic heterocycles. The molecule has 0 saturated heterocycles. The van der Waals surface area contributed by atoms with Gasteiger partial charge in [-0.15, -0.1) is 0 Å². The second-order valence-electron chi connectivity index (χ2n) is 5.78. The molecule has 2 N–H and O–H groups in total. The lowest BCUT2D eigenvalue weighted by Gasteiger charge is -2.33. The van der Waals surface area contributed by atoms with E-state index in [1.54, 1.807) is 25.8 Å². The van der Waals surface area contributed by atoms with Crippen LogP contribution >= 0.6 is 11.8 Å². The SMILES string of the molecule is CS[C@H]1CCCC[C@@H]1NC(=O)N(C)CC(C)(C)O. The van der Waals surface area contributed by atoms with Gasteiger partial charge in [-0.2, -0.15) is 11.8 Å². The Morgan fingerprint density at radius 1 is 1.44 bits per heavy atom. The molecule has 0 heterocycles. The Labute approximate surface area is 115 Å². The lowest BCUT2D eigenvalue weighted by atomic mass is 9.95. The lowest BCUT2D eigenvalue weighted by molar-refractivity contribution is 0.0526. The van der Waals surface area contributed by atoms with Crippen molar-refractivity contribution >= 4 is 17.8 Å². The van der Waals surface area contributed by atoms with Gasteiger partial charge in [-0.3, -0.25) is 0 Å². The minimum atomic E-state index is -0.850. The van der Waals surface area contributed by atoms with Crippen molar-refractivity contribution in [1.29, 1.82) is 0 Å². The van der Waals surface area contributed by atoms with Crippen molar-refractivity contribution < 1.29 is 9.90 Å². The first-order chi connectivity index (χ1) is 8.33. The molecule has 5 heteroatoms. The number of hydrogen-bond donors (Lipinski definition) is 2. The van der Waals surface area contributed by atoms with Crippen molar-refractivity contribution in [3.63, 3.8) is 0 Å². The van der Waals surface area contributed by atoms with Crippen LogP contribution in [0.15, 0.2) is 0 Å². The first kappa shape index (κ1) is 15.6. The van der Waals surface area contributed by atoms with Crippen LogP contribution in [0.3, 0.4) is 0 Å². The van der Waals surface area contributed by atoms with Crippen molar-refractivity contribution in [2.24, 2.45) is 0 Å². The van der Waals surface area contributed by atoms with E-state index in [4.69, 9.17) is 0 Å². The Balaban J connectivity index is 2.47. The molecule has 18 heavy (non-hydrogen) atoms. The van der Waals surface area contributed by atoms with Crippen LogP contribution in [0.4, 0.5) is 4.79 Å². The van der Waals surface area contributed by atoms with Gasteiger partial charge in [-0.1, -0.05) is 12.8 Å². The molecule has 106 valence electrons. The van der Waals surface area contributed by atoms with Crippen LogP contribution in [0.25, 0.3) is 0 Å². The summed E-state index contributed by atoms with van der Waals surface area (Å²) >= 11 is 1.84. The number of urea groups is 1. The smallest absolute Gasteiger partial charge is 0.317 e. The van der Waals surface area contributed by atoms with Gasteiger partial charge >= 0.3 is 6.03 Å². The molecule has 2 atom stereocenters. The highest BCUT2D eigenvalue weighted by molar-refractivity contribution is 7.99. The highest BCUT2D eigenvalue weighted by Gasteiger charge is 2.27. The van der Waals surface area contributed by atoms with Gasteiger partial charge < -0.3 is 15.3 Å². The zero-order valence-electron chi connectivity index (χ0n) is 11.9. The molecule has 2 amide bonds. The van der Waals surface area contributed by atoms with Gasteiger partial charge in [0, 0.05) is 18.3 Å². The molecule has 4 nitrogen and oxygen atoms in total. The molecule has 0 aromatic carbocycles. The van der Waals surface area contributed by atoms with Gasteiger partial charge in [0.2, 0.25) is 0 Å². The van der Waals surface area contributed by atoms with E-state index in [2.05, 4.69) is 11.6 Å².